The van der Waals surface area contributed by atoms with Crippen LogP contribution in [0.2, 0.25) is 0 Å². The lowest BCUT2D eigenvalue weighted by Crippen LogP contribution is -1.96. The summed E-state index contributed by atoms with van der Waals surface area (Å²) in [5, 5.41) is 8.50. The van der Waals surface area contributed by atoms with Crippen LogP contribution in [0.3, 0.4) is 0 Å². The van der Waals surface area contributed by atoms with Crippen LogP contribution in [0.25, 0.3) is 0 Å². The van der Waals surface area contributed by atoms with Crippen molar-refractivity contribution in [3.63, 3.8) is 0 Å². The second-order valence-electron chi connectivity index (χ2n) is 3.08. The molecule has 0 atom stereocenters. The third-order valence-electron chi connectivity index (χ3n) is 1.57. The van der Waals surface area contributed by atoms with Crippen molar-refractivity contribution in [1.29, 1.82) is 0 Å². The third-order valence-corrected chi connectivity index (χ3v) is 1.57. The van der Waals surface area contributed by atoms with Crippen molar-refractivity contribution in [1.82, 2.24) is 0 Å². The fraction of sp³-hybridized carbons (Fsp3) is 0.500. The van der Waals surface area contributed by atoms with E-state index in [1.165, 1.54) is 19.2 Å². The lowest BCUT2D eigenvalue weighted by molar-refractivity contribution is -0.132. The molecule has 0 aromatic carbocycles. The van der Waals surface area contributed by atoms with Crippen LogP contribution >= 0.6 is 0 Å². The maximum Gasteiger partial charge on any atom is 0.331 e. The quantitative estimate of drug-likeness (QED) is 0.573. The third kappa shape index (κ3) is 8.94. The van der Waals surface area contributed by atoms with Gasteiger partial charge in [-0.15, -0.1) is 0 Å². The molecule has 0 rings (SSSR count). The van der Waals surface area contributed by atoms with Crippen LogP contribution in [0, 0.1) is 5.92 Å². The molecule has 0 aromatic rings. The van der Waals surface area contributed by atoms with Crippen molar-refractivity contribution in [2.24, 2.45) is 10.9 Å². The fourth-order valence-corrected chi connectivity index (χ4v) is 0.465. The summed E-state index contributed by atoms with van der Waals surface area (Å²) < 4.78 is 0. The molecule has 15 heavy (non-hydrogen) atoms. The maximum absolute atomic E-state index is 10.4. The van der Waals surface area contributed by atoms with Gasteiger partial charge in [-0.25, -0.2) is 4.79 Å². The topological polar surface area (TPSA) is 49.7 Å². The number of aliphatic imine (C=N–C) groups is 1. The van der Waals surface area contributed by atoms with Gasteiger partial charge in [0, 0.05) is 17.5 Å². The summed E-state index contributed by atoms with van der Waals surface area (Å²) in [5.74, 6) is -0.642. The zero-order valence-electron chi connectivity index (χ0n) is 10.2. The predicted molar refractivity (Wildman–Crippen MR) is 65.2 cm³/mol. The SMILES string of the molecule is C=C(N=C/C=C(\C)C(=O)O)C(C)C.CC. The molecular weight excluding hydrogens is 190 g/mol. The Hall–Kier alpha value is -1.38. The molecule has 0 aromatic heterocycles. The lowest BCUT2D eigenvalue weighted by atomic mass is 10.2. The van der Waals surface area contributed by atoms with Crippen LogP contribution in [0.4, 0.5) is 0 Å². The molecule has 0 aliphatic carbocycles. The summed E-state index contributed by atoms with van der Waals surface area (Å²) in [4.78, 5) is 14.3. The molecule has 0 unspecified atom stereocenters. The largest absolute Gasteiger partial charge is 0.478 e. The van der Waals surface area contributed by atoms with E-state index in [0.717, 1.165) is 5.70 Å². The summed E-state index contributed by atoms with van der Waals surface area (Å²) in [6.07, 6.45) is 2.92. The molecule has 0 amide bonds. The summed E-state index contributed by atoms with van der Waals surface area (Å²) in [6, 6.07) is 0. The molecule has 1 N–H and O–H groups in total. The van der Waals surface area contributed by atoms with Gasteiger partial charge in [0.05, 0.1) is 0 Å². The standard InChI is InChI=1S/C10H15NO2.C2H6/c1-7(2)9(4)11-6-5-8(3)10(12)13;1-2/h5-7H,4H2,1-3H3,(H,12,13);1-2H3/b8-5+,11-6?;. The molecule has 0 heterocycles. The number of carbonyl (C=O) groups is 1. The Bertz CT molecular complexity index is 263. The van der Waals surface area contributed by atoms with E-state index < -0.39 is 5.97 Å². The van der Waals surface area contributed by atoms with Gasteiger partial charge in [0.15, 0.2) is 0 Å². The van der Waals surface area contributed by atoms with Gasteiger partial charge in [-0.1, -0.05) is 34.3 Å². The van der Waals surface area contributed by atoms with E-state index in [1.54, 1.807) is 0 Å². The molecule has 0 spiro atoms. The molecule has 0 saturated carbocycles. The predicted octanol–water partition coefficient (Wildman–Crippen LogP) is 3.28. The second-order valence-corrected chi connectivity index (χ2v) is 3.08. The summed E-state index contributed by atoms with van der Waals surface area (Å²) in [6.45, 7) is 13.2. The molecule has 0 aliphatic heterocycles. The van der Waals surface area contributed by atoms with E-state index in [9.17, 15) is 4.79 Å². The summed E-state index contributed by atoms with van der Waals surface area (Å²) >= 11 is 0. The van der Waals surface area contributed by atoms with Crippen LogP contribution in [-0.4, -0.2) is 17.3 Å². The van der Waals surface area contributed by atoms with E-state index in [-0.39, 0.29) is 11.5 Å². The van der Waals surface area contributed by atoms with Crippen molar-refractivity contribution in [3.8, 4) is 0 Å². The van der Waals surface area contributed by atoms with Crippen LogP contribution in [0.5, 0.6) is 0 Å². The highest BCUT2D eigenvalue weighted by molar-refractivity contribution is 5.91. The molecule has 0 saturated heterocycles. The fourth-order valence-electron chi connectivity index (χ4n) is 0.465. The first-order chi connectivity index (χ1) is 6.95. The molecule has 0 radical (unpaired) electrons. The number of rotatable bonds is 4. The monoisotopic (exact) mass is 211 g/mol. The summed E-state index contributed by atoms with van der Waals surface area (Å²) in [7, 11) is 0. The minimum atomic E-state index is -0.929. The van der Waals surface area contributed by atoms with Gasteiger partial charge < -0.3 is 5.11 Å². The molecule has 0 bridgehead atoms. The number of hydrogen-bond donors (Lipinski definition) is 1. The number of carboxylic acids is 1. The number of nitrogens with zero attached hydrogens (tertiary/aromatic N) is 1. The van der Waals surface area contributed by atoms with Crippen LogP contribution in [0.15, 0.2) is 28.9 Å². The normalized spacial score (nSPS) is 11.2. The Labute approximate surface area is 92.2 Å². The highest BCUT2D eigenvalue weighted by Gasteiger charge is 1.97. The van der Waals surface area contributed by atoms with Crippen molar-refractivity contribution < 1.29 is 9.90 Å². The van der Waals surface area contributed by atoms with Crippen molar-refractivity contribution >= 4 is 12.2 Å². The highest BCUT2D eigenvalue weighted by atomic mass is 16.4. The van der Waals surface area contributed by atoms with Gasteiger partial charge in [-0.05, 0) is 18.9 Å². The van der Waals surface area contributed by atoms with Gasteiger partial charge in [0.2, 0.25) is 0 Å². The van der Waals surface area contributed by atoms with Crippen LogP contribution in [-0.2, 0) is 4.79 Å². The van der Waals surface area contributed by atoms with E-state index in [0.29, 0.717) is 0 Å². The minimum Gasteiger partial charge on any atom is -0.478 e. The number of hydrogen-bond acceptors (Lipinski definition) is 2. The molecule has 3 heteroatoms. The number of aliphatic carboxylic acids is 1. The average Bonchev–Trinajstić information content (AvgIpc) is 2.20. The van der Waals surface area contributed by atoms with Gasteiger partial charge in [-0.3, -0.25) is 4.99 Å². The van der Waals surface area contributed by atoms with Gasteiger partial charge in [0.1, 0.15) is 0 Å². The molecule has 3 nitrogen and oxygen atoms in total. The van der Waals surface area contributed by atoms with Crippen molar-refractivity contribution in [2.45, 2.75) is 34.6 Å². The first kappa shape index (κ1) is 16.1. The Kier molecular flexibility index (Phi) is 9.84. The molecular formula is C12H21NO2. The van der Waals surface area contributed by atoms with Crippen LogP contribution in [0.1, 0.15) is 34.6 Å². The first-order valence-electron chi connectivity index (χ1n) is 5.08. The van der Waals surface area contributed by atoms with Gasteiger partial charge in [0.25, 0.3) is 0 Å². The van der Waals surface area contributed by atoms with E-state index in [1.807, 2.05) is 27.7 Å². The van der Waals surface area contributed by atoms with Crippen molar-refractivity contribution in [2.75, 3.05) is 0 Å². The second kappa shape index (κ2) is 9.19. The van der Waals surface area contributed by atoms with E-state index in [4.69, 9.17) is 5.11 Å². The molecule has 0 fully saturated rings. The molecule has 86 valence electrons. The Balaban J connectivity index is 0. The van der Waals surface area contributed by atoms with E-state index in [2.05, 4.69) is 11.6 Å². The van der Waals surface area contributed by atoms with Crippen molar-refractivity contribution in [3.05, 3.63) is 23.9 Å². The maximum atomic E-state index is 10.4. The summed E-state index contributed by atoms with van der Waals surface area (Å²) in [5.41, 5.74) is 1.01. The van der Waals surface area contributed by atoms with Gasteiger partial charge in [-0.2, -0.15) is 0 Å². The highest BCUT2D eigenvalue weighted by Crippen LogP contribution is 2.06. The Morgan fingerprint density at radius 1 is 1.40 bits per heavy atom. The first-order valence-corrected chi connectivity index (χ1v) is 5.08. The zero-order valence-corrected chi connectivity index (χ0v) is 10.2. The average molecular weight is 211 g/mol. The van der Waals surface area contributed by atoms with E-state index >= 15 is 0 Å². The lowest BCUT2D eigenvalue weighted by Gasteiger charge is -2.00. The zero-order chi connectivity index (χ0) is 12.4. The number of allylic oxidation sites excluding steroid dienone is 2. The minimum absolute atomic E-state index is 0.264. The van der Waals surface area contributed by atoms with Gasteiger partial charge >= 0.3 is 5.97 Å². The number of carboxylic acid groups (broad SMARTS) is 1. The Morgan fingerprint density at radius 3 is 2.20 bits per heavy atom. The molecule has 0 aliphatic rings. The Morgan fingerprint density at radius 2 is 1.87 bits per heavy atom. The smallest absolute Gasteiger partial charge is 0.331 e. The van der Waals surface area contributed by atoms with Crippen LogP contribution < -0.4 is 0 Å².